The third-order valence-electron chi connectivity index (χ3n) is 2.96. The van der Waals surface area contributed by atoms with Crippen LogP contribution in [-0.2, 0) is 9.78 Å². The summed E-state index contributed by atoms with van der Waals surface area (Å²) in [6.45, 7) is 3.96. The molecule has 2 aromatic rings. The molecule has 0 saturated carbocycles. The topological polar surface area (TPSA) is 18.5 Å². The van der Waals surface area contributed by atoms with Crippen LogP contribution in [0.15, 0.2) is 73.2 Å². The molecule has 0 spiro atoms. The van der Waals surface area contributed by atoms with Gasteiger partial charge in [0.05, 0.1) is 0 Å². The van der Waals surface area contributed by atoms with Crippen molar-refractivity contribution in [1.82, 2.24) is 0 Å². The second kappa shape index (κ2) is 7.19. The van der Waals surface area contributed by atoms with Crippen LogP contribution < -0.4 is 0 Å². The fraction of sp³-hybridized carbons (Fsp3) is 0.111. The first kappa shape index (κ1) is 13.9. The van der Waals surface area contributed by atoms with Crippen molar-refractivity contribution >= 4 is 11.1 Å². The number of allylic oxidation sites excluding steroid dienone is 2. The smallest absolute Gasteiger partial charge is 0.146 e. The Bertz CT molecular complexity index is 528. The first-order valence-corrected chi connectivity index (χ1v) is 6.54. The number of rotatable bonds is 5. The Morgan fingerprint density at radius 2 is 1.00 bits per heavy atom. The highest BCUT2D eigenvalue weighted by molar-refractivity contribution is 5.63. The summed E-state index contributed by atoms with van der Waals surface area (Å²) in [4.78, 5) is 10.2. The lowest BCUT2D eigenvalue weighted by Gasteiger charge is -2.03. The minimum atomic E-state index is 1.01. The highest BCUT2D eigenvalue weighted by Crippen LogP contribution is 2.14. The van der Waals surface area contributed by atoms with Gasteiger partial charge in [-0.15, -0.1) is 0 Å². The maximum Gasteiger partial charge on any atom is 0.146 e. The van der Waals surface area contributed by atoms with Gasteiger partial charge in [0.1, 0.15) is 12.5 Å². The van der Waals surface area contributed by atoms with Crippen LogP contribution in [0.25, 0.3) is 11.1 Å². The van der Waals surface area contributed by atoms with E-state index in [4.69, 9.17) is 9.78 Å². The zero-order chi connectivity index (χ0) is 14.2. The van der Waals surface area contributed by atoms with Crippen molar-refractivity contribution in [3.63, 3.8) is 0 Å². The van der Waals surface area contributed by atoms with E-state index < -0.39 is 0 Å². The summed E-state index contributed by atoms with van der Waals surface area (Å²) in [5, 5.41) is 0. The van der Waals surface area contributed by atoms with Gasteiger partial charge in [0.25, 0.3) is 0 Å². The van der Waals surface area contributed by atoms with Gasteiger partial charge in [-0.3, -0.25) is 9.78 Å². The highest BCUT2D eigenvalue weighted by atomic mass is 17.2. The maximum atomic E-state index is 5.10. The zero-order valence-corrected chi connectivity index (χ0v) is 11.7. The molecule has 0 unspecified atom stereocenters. The van der Waals surface area contributed by atoms with Gasteiger partial charge in [0, 0.05) is 0 Å². The molecule has 0 radical (unpaired) electrons. The molecule has 2 heteroatoms. The van der Waals surface area contributed by atoms with Crippen LogP contribution in [0.5, 0.6) is 0 Å². The second-order valence-corrected chi connectivity index (χ2v) is 4.53. The number of hydrogen-bond donors (Lipinski definition) is 0. The molecule has 0 bridgehead atoms. The minimum Gasteiger partial charge on any atom is -0.298 e. The SMILES string of the molecule is CC(=COOC=C(C)c1ccccc1)c1ccccc1. The van der Waals surface area contributed by atoms with Crippen LogP contribution in [-0.4, -0.2) is 0 Å². The lowest BCUT2D eigenvalue weighted by molar-refractivity contribution is -0.194. The van der Waals surface area contributed by atoms with E-state index >= 15 is 0 Å². The Kier molecular flexibility index (Phi) is 5.01. The van der Waals surface area contributed by atoms with Gasteiger partial charge < -0.3 is 0 Å². The quantitative estimate of drug-likeness (QED) is 0.326. The third-order valence-corrected chi connectivity index (χ3v) is 2.96. The molecule has 2 aromatic carbocycles. The van der Waals surface area contributed by atoms with Crippen molar-refractivity contribution in [3.05, 3.63) is 84.3 Å². The van der Waals surface area contributed by atoms with Crippen LogP contribution in [0.1, 0.15) is 25.0 Å². The maximum absolute atomic E-state index is 5.10. The molecule has 0 saturated heterocycles. The summed E-state index contributed by atoms with van der Waals surface area (Å²) in [5.41, 5.74) is 4.24. The monoisotopic (exact) mass is 266 g/mol. The molecule has 0 atom stereocenters. The van der Waals surface area contributed by atoms with Gasteiger partial charge in [-0.2, -0.15) is 0 Å². The molecule has 0 aliphatic rings. The minimum absolute atomic E-state index is 1.01. The summed E-state index contributed by atoms with van der Waals surface area (Å²) in [7, 11) is 0. The summed E-state index contributed by atoms with van der Waals surface area (Å²) >= 11 is 0. The predicted octanol–water partition coefficient (Wildman–Crippen LogP) is 5.06. The molecule has 0 N–H and O–H groups in total. The Hall–Kier alpha value is -2.48. The average molecular weight is 266 g/mol. The van der Waals surface area contributed by atoms with Crippen molar-refractivity contribution in [2.24, 2.45) is 0 Å². The average Bonchev–Trinajstić information content (AvgIpc) is 2.53. The number of hydrogen-bond acceptors (Lipinski definition) is 2. The van der Waals surface area contributed by atoms with E-state index in [2.05, 4.69) is 0 Å². The fourth-order valence-electron chi connectivity index (χ4n) is 1.74. The molecular formula is C18H18O2. The Morgan fingerprint density at radius 1 is 0.650 bits per heavy atom. The largest absolute Gasteiger partial charge is 0.298 e. The molecule has 0 heterocycles. The Balaban J connectivity index is 1.90. The Morgan fingerprint density at radius 3 is 1.35 bits per heavy atom. The van der Waals surface area contributed by atoms with Gasteiger partial charge in [0.15, 0.2) is 0 Å². The lowest BCUT2D eigenvalue weighted by atomic mass is 10.1. The zero-order valence-electron chi connectivity index (χ0n) is 11.7. The van der Waals surface area contributed by atoms with Gasteiger partial charge in [0.2, 0.25) is 0 Å². The van der Waals surface area contributed by atoms with Crippen molar-refractivity contribution in [3.8, 4) is 0 Å². The fourth-order valence-corrected chi connectivity index (χ4v) is 1.74. The van der Waals surface area contributed by atoms with Gasteiger partial charge in [-0.05, 0) is 36.1 Å². The molecule has 0 aliphatic heterocycles. The van der Waals surface area contributed by atoms with Crippen LogP contribution >= 0.6 is 0 Å². The summed E-state index contributed by atoms with van der Waals surface area (Å²) in [5.74, 6) is 0. The third kappa shape index (κ3) is 4.02. The van der Waals surface area contributed by atoms with Crippen LogP contribution in [0.2, 0.25) is 0 Å². The highest BCUT2D eigenvalue weighted by Gasteiger charge is 1.96. The van der Waals surface area contributed by atoms with E-state index in [1.165, 1.54) is 0 Å². The standard InChI is InChI=1S/C18H18O2/c1-15(17-9-5-3-6-10-17)13-19-20-14-16(2)18-11-7-4-8-12-18/h3-14H,1-2H3. The van der Waals surface area contributed by atoms with Crippen LogP contribution in [0, 0.1) is 0 Å². The molecule has 0 aliphatic carbocycles. The van der Waals surface area contributed by atoms with E-state index in [0.29, 0.717) is 0 Å². The van der Waals surface area contributed by atoms with E-state index in [0.717, 1.165) is 22.3 Å². The molecule has 0 amide bonds. The van der Waals surface area contributed by atoms with Crippen molar-refractivity contribution in [2.45, 2.75) is 13.8 Å². The van der Waals surface area contributed by atoms with Gasteiger partial charge >= 0.3 is 0 Å². The molecule has 2 nitrogen and oxygen atoms in total. The number of benzene rings is 2. The summed E-state index contributed by atoms with van der Waals surface area (Å²) in [6.07, 6.45) is 3.20. The molecule has 0 fully saturated rings. The Labute approximate surface area is 119 Å². The second-order valence-electron chi connectivity index (χ2n) is 4.53. The molecule has 0 aromatic heterocycles. The van der Waals surface area contributed by atoms with Gasteiger partial charge in [-0.1, -0.05) is 60.7 Å². The van der Waals surface area contributed by atoms with Gasteiger partial charge in [-0.25, -0.2) is 0 Å². The van der Waals surface area contributed by atoms with Crippen molar-refractivity contribution in [2.75, 3.05) is 0 Å². The predicted molar refractivity (Wildman–Crippen MR) is 82.4 cm³/mol. The van der Waals surface area contributed by atoms with Crippen LogP contribution in [0.4, 0.5) is 0 Å². The van der Waals surface area contributed by atoms with E-state index in [1.54, 1.807) is 12.5 Å². The molecule has 20 heavy (non-hydrogen) atoms. The molecular weight excluding hydrogens is 248 g/mol. The van der Waals surface area contributed by atoms with E-state index in [-0.39, 0.29) is 0 Å². The van der Waals surface area contributed by atoms with E-state index in [9.17, 15) is 0 Å². The molecule has 102 valence electrons. The lowest BCUT2D eigenvalue weighted by Crippen LogP contribution is -1.85. The molecule has 2 rings (SSSR count). The van der Waals surface area contributed by atoms with E-state index in [1.807, 2.05) is 74.5 Å². The van der Waals surface area contributed by atoms with Crippen molar-refractivity contribution in [1.29, 1.82) is 0 Å². The first-order chi connectivity index (χ1) is 9.77. The first-order valence-electron chi connectivity index (χ1n) is 6.54. The summed E-state index contributed by atoms with van der Waals surface area (Å²) in [6, 6.07) is 20.1. The normalized spacial score (nSPS) is 12.1. The van der Waals surface area contributed by atoms with Crippen LogP contribution in [0.3, 0.4) is 0 Å². The van der Waals surface area contributed by atoms with Crippen molar-refractivity contribution < 1.29 is 9.78 Å². The summed E-state index contributed by atoms with van der Waals surface area (Å²) < 4.78 is 0.